The molecule has 3 unspecified atom stereocenters. The van der Waals surface area contributed by atoms with E-state index in [-0.39, 0.29) is 11.5 Å². The third-order valence-electron chi connectivity index (χ3n) is 5.48. The van der Waals surface area contributed by atoms with E-state index < -0.39 is 0 Å². The fourth-order valence-electron chi connectivity index (χ4n) is 4.33. The molecule has 3 nitrogen and oxygen atoms in total. The Bertz CT molecular complexity index is 325. The van der Waals surface area contributed by atoms with E-state index in [9.17, 15) is 4.79 Å². The molecule has 0 spiro atoms. The second-order valence-electron chi connectivity index (χ2n) is 6.91. The fraction of sp³-hybridized carbons (Fsp3) is 0.941. The molecule has 116 valence electrons. The zero-order chi connectivity index (χ0) is 14.6. The first-order valence-electron chi connectivity index (χ1n) is 8.49. The summed E-state index contributed by atoms with van der Waals surface area (Å²) in [6, 6.07) is 0. The highest BCUT2D eigenvalue weighted by Crippen LogP contribution is 2.44. The number of nitrogens with zero attached hydrogens (tertiary/aromatic N) is 1. The molecule has 0 N–H and O–H groups in total. The summed E-state index contributed by atoms with van der Waals surface area (Å²) in [5.74, 6) is 1.39. The van der Waals surface area contributed by atoms with Gasteiger partial charge < -0.3 is 4.74 Å². The third-order valence-corrected chi connectivity index (χ3v) is 5.48. The highest BCUT2D eigenvalue weighted by Gasteiger charge is 2.46. The summed E-state index contributed by atoms with van der Waals surface area (Å²) in [6.07, 6.45) is 8.16. The molecule has 0 aromatic rings. The molecular formula is C17H31NO2. The van der Waals surface area contributed by atoms with Crippen molar-refractivity contribution in [2.45, 2.75) is 71.3 Å². The standard InChI is InChI=1S/C17H31NO2/c1-4-20-16(19)13-17(18-10-6-5-7-11-18)9-8-14(2)12-15(17)3/h14-15H,4-13H2,1-3H3. The Balaban J connectivity index is 2.15. The lowest BCUT2D eigenvalue weighted by molar-refractivity contribution is -0.150. The summed E-state index contributed by atoms with van der Waals surface area (Å²) >= 11 is 0. The summed E-state index contributed by atoms with van der Waals surface area (Å²) in [6.45, 7) is 9.43. The number of carbonyl (C=O) groups is 1. The number of rotatable bonds is 4. The van der Waals surface area contributed by atoms with Crippen molar-refractivity contribution < 1.29 is 9.53 Å². The van der Waals surface area contributed by atoms with E-state index in [1.807, 2.05) is 6.92 Å². The van der Waals surface area contributed by atoms with Gasteiger partial charge in [0, 0.05) is 5.54 Å². The Morgan fingerprint density at radius 3 is 2.55 bits per heavy atom. The normalized spacial score (nSPS) is 35.8. The Labute approximate surface area is 124 Å². The van der Waals surface area contributed by atoms with Crippen LogP contribution in [0.15, 0.2) is 0 Å². The summed E-state index contributed by atoms with van der Waals surface area (Å²) < 4.78 is 5.27. The molecule has 0 radical (unpaired) electrons. The minimum atomic E-state index is -0.000485. The molecule has 2 aliphatic rings. The van der Waals surface area contributed by atoms with E-state index in [4.69, 9.17) is 4.74 Å². The van der Waals surface area contributed by atoms with Crippen molar-refractivity contribution in [3.8, 4) is 0 Å². The first-order valence-corrected chi connectivity index (χ1v) is 8.49. The average Bonchev–Trinajstić information content (AvgIpc) is 2.43. The van der Waals surface area contributed by atoms with Crippen molar-refractivity contribution in [3.63, 3.8) is 0 Å². The van der Waals surface area contributed by atoms with Crippen molar-refractivity contribution in [1.29, 1.82) is 0 Å². The number of hydrogen-bond acceptors (Lipinski definition) is 3. The zero-order valence-corrected chi connectivity index (χ0v) is 13.5. The summed E-state index contributed by atoms with van der Waals surface area (Å²) in [4.78, 5) is 14.8. The molecule has 1 saturated heterocycles. The van der Waals surface area contributed by atoms with Gasteiger partial charge >= 0.3 is 5.97 Å². The number of ether oxygens (including phenoxy) is 1. The van der Waals surface area contributed by atoms with Gasteiger partial charge in [0.15, 0.2) is 0 Å². The van der Waals surface area contributed by atoms with Gasteiger partial charge in [0.1, 0.15) is 0 Å². The van der Waals surface area contributed by atoms with Gasteiger partial charge in [-0.3, -0.25) is 9.69 Å². The van der Waals surface area contributed by atoms with Gasteiger partial charge in [-0.25, -0.2) is 0 Å². The minimum Gasteiger partial charge on any atom is -0.466 e. The molecule has 3 heteroatoms. The maximum Gasteiger partial charge on any atom is 0.307 e. The fourth-order valence-corrected chi connectivity index (χ4v) is 4.33. The Hall–Kier alpha value is -0.570. The van der Waals surface area contributed by atoms with Crippen molar-refractivity contribution >= 4 is 5.97 Å². The summed E-state index contributed by atoms with van der Waals surface area (Å²) in [7, 11) is 0. The Morgan fingerprint density at radius 2 is 1.95 bits per heavy atom. The number of carbonyl (C=O) groups excluding carboxylic acids is 1. The lowest BCUT2D eigenvalue weighted by atomic mass is 9.67. The highest BCUT2D eigenvalue weighted by molar-refractivity contribution is 5.71. The molecule has 2 fully saturated rings. The lowest BCUT2D eigenvalue weighted by Crippen LogP contribution is -2.58. The van der Waals surface area contributed by atoms with E-state index in [1.165, 1.54) is 32.1 Å². The Kier molecular flexibility index (Phi) is 5.48. The quantitative estimate of drug-likeness (QED) is 0.737. The molecule has 1 saturated carbocycles. The number of hydrogen-bond donors (Lipinski definition) is 0. The maximum absolute atomic E-state index is 12.1. The summed E-state index contributed by atoms with van der Waals surface area (Å²) in [5, 5.41) is 0. The average molecular weight is 281 g/mol. The van der Waals surface area contributed by atoms with E-state index >= 15 is 0 Å². The van der Waals surface area contributed by atoms with Crippen molar-refractivity contribution in [2.75, 3.05) is 19.7 Å². The van der Waals surface area contributed by atoms with Crippen LogP contribution in [-0.4, -0.2) is 36.1 Å². The van der Waals surface area contributed by atoms with Crippen LogP contribution in [0.25, 0.3) is 0 Å². The van der Waals surface area contributed by atoms with E-state index in [2.05, 4.69) is 18.7 Å². The second-order valence-corrected chi connectivity index (χ2v) is 6.91. The van der Waals surface area contributed by atoms with Crippen LogP contribution in [0.1, 0.15) is 65.7 Å². The van der Waals surface area contributed by atoms with E-state index in [1.54, 1.807) is 0 Å². The van der Waals surface area contributed by atoms with Crippen molar-refractivity contribution in [3.05, 3.63) is 0 Å². The predicted molar refractivity (Wildman–Crippen MR) is 81.6 cm³/mol. The van der Waals surface area contributed by atoms with Gasteiger partial charge in [-0.15, -0.1) is 0 Å². The van der Waals surface area contributed by atoms with Crippen LogP contribution in [0, 0.1) is 11.8 Å². The highest BCUT2D eigenvalue weighted by atomic mass is 16.5. The molecule has 0 aromatic heterocycles. The van der Waals surface area contributed by atoms with Crippen molar-refractivity contribution in [1.82, 2.24) is 4.90 Å². The first kappa shape index (κ1) is 15.8. The van der Waals surface area contributed by atoms with Crippen LogP contribution < -0.4 is 0 Å². The molecule has 0 aromatic carbocycles. The van der Waals surface area contributed by atoms with Crippen LogP contribution in [0.3, 0.4) is 0 Å². The number of piperidine rings is 1. The molecule has 1 aliphatic carbocycles. The SMILES string of the molecule is CCOC(=O)CC1(N2CCCCC2)CCC(C)CC1C. The monoisotopic (exact) mass is 281 g/mol. The molecule has 20 heavy (non-hydrogen) atoms. The molecule has 2 rings (SSSR count). The van der Waals surface area contributed by atoms with Gasteiger partial charge in [-0.2, -0.15) is 0 Å². The van der Waals surface area contributed by atoms with Crippen LogP contribution in [0.2, 0.25) is 0 Å². The molecule has 1 heterocycles. The molecule has 0 amide bonds. The zero-order valence-electron chi connectivity index (χ0n) is 13.5. The summed E-state index contributed by atoms with van der Waals surface area (Å²) in [5.41, 5.74) is 0.0686. The van der Waals surface area contributed by atoms with Gasteiger partial charge in [-0.05, 0) is 64.0 Å². The van der Waals surface area contributed by atoms with Crippen LogP contribution in [-0.2, 0) is 9.53 Å². The Morgan fingerprint density at radius 1 is 1.25 bits per heavy atom. The molecule has 0 bridgehead atoms. The van der Waals surface area contributed by atoms with E-state index in [0.29, 0.717) is 18.9 Å². The smallest absolute Gasteiger partial charge is 0.307 e. The topological polar surface area (TPSA) is 29.5 Å². The predicted octanol–water partition coefficient (Wildman–Crippen LogP) is 3.62. The van der Waals surface area contributed by atoms with Gasteiger partial charge in [0.2, 0.25) is 0 Å². The molecule has 1 aliphatic heterocycles. The van der Waals surface area contributed by atoms with Gasteiger partial charge in [0.05, 0.1) is 13.0 Å². The third kappa shape index (κ3) is 3.36. The lowest BCUT2D eigenvalue weighted by Gasteiger charge is -2.52. The maximum atomic E-state index is 12.1. The number of likely N-dealkylation sites (tertiary alicyclic amines) is 1. The minimum absolute atomic E-state index is 0.000485. The second kappa shape index (κ2) is 6.93. The molecule has 3 atom stereocenters. The van der Waals surface area contributed by atoms with Gasteiger partial charge in [0.25, 0.3) is 0 Å². The van der Waals surface area contributed by atoms with Crippen LogP contribution in [0.4, 0.5) is 0 Å². The van der Waals surface area contributed by atoms with Crippen molar-refractivity contribution in [2.24, 2.45) is 11.8 Å². The first-order chi connectivity index (χ1) is 9.58. The van der Waals surface area contributed by atoms with Crippen LogP contribution in [0.5, 0.6) is 0 Å². The molecular weight excluding hydrogens is 250 g/mol. The van der Waals surface area contributed by atoms with Crippen LogP contribution >= 0.6 is 0 Å². The number of esters is 1. The van der Waals surface area contributed by atoms with E-state index in [0.717, 1.165) is 25.4 Å². The van der Waals surface area contributed by atoms with Gasteiger partial charge in [-0.1, -0.05) is 20.3 Å². The largest absolute Gasteiger partial charge is 0.466 e.